The van der Waals surface area contributed by atoms with Gasteiger partial charge in [-0.1, -0.05) is 31.5 Å². The molecule has 0 atom stereocenters. The number of nitrogens with two attached hydrogens (primary N) is 1. The van der Waals surface area contributed by atoms with Crippen molar-refractivity contribution >= 4 is 18.3 Å². The van der Waals surface area contributed by atoms with Gasteiger partial charge in [-0.2, -0.15) is 0 Å². The maximum Gasteiger partial charge on any atom is 1.00 e. The first-order chi connectivity index (χ1) is 5.00. The molecule has 0 saturated carbocycles. The summed E-state index contributed by atoms with van der Waals surface area (Å²) >= 11 is 5.26. The number of hydrogen-bond donors (Lipinski definition) is 1. The molecule has 3 heteroatoms. The summed E-state index contributed by atoms with van der Waals surface area (Å²) in [5.41, 5.74) is 7.49. The third kappa shape index (κ3) is 3.81. The van der Waals surface area contributed by atoms with Crippen molar-refractivity contribution in [3.8, 4) is 0 Å². The van der Waals surface area contributed by atoms with E-state index in [0.29, 0.717) is 0 Å². The number of nitrogen functional groups attached to an aromatic ring is 1. The molecule has 1 aromatic rings. The van der Waals surface area contributed by atoms with Gasteiger partial charge in [-0.25, -0.2) is 0 Å². The number of benzene rings is 1. The molecule has 0 aliphatic heterocycles. The van der Waals surface area contributed by atoms with Gasteiger partial charge in [0.1, 0.15) is 0 Å². The Labute approximate surface area is 122 Å². The Morgan fingerprint density at radius 3 is 2.25 bits per heavy atom. The predicted octanol–water partition coefficient (Wildman–Crippen LogP) is -0.945. The predicted molar refractivity (Wildman–Crippen MR) is 51.2 cm³/mol. The standard InChI is InChI=1S/C9H13NS.K/c1-9(2,11)7-4-3-5-8(10)6-7;/h3-6,11H,10H2,1-2H3;/q;+1/p-1. The molecule has 0 aliphatic carbocycles. The van der Waals surface area contributed by atoms with Crippen LogP contribution in [0.1, 0.15) is 19.4 Å². The van der Waals surface area contributed by atoms with Gasteiger partial charge < -0.3 is 18.4 Å². The first kappa shape index (κ1) is 13.0. The Morgan fingerprint density at radius 1 is 1.33 bits per heavy atom. The smallest absolute Gasteiger partial charge is 0.782 e. The Bertz CT molecular complexity index is 255. The summed E-state index contributed by atoms with van der Waals surface area (Å²) in [6.45, 7) is 3.99. The zero-order valence-electron chi connectivity index (χ0n) is 7.79. The van der Waals surface area contributed by atoms with Crippen molar-refractivity contribution in [1.82, 2.24) is 0 Å². The largest absolute Gasteiger partial charge is 1.00 e. The molecule has 0 radical (unpaired) electrons. The fourth-order valence-corrected chi connectivity index (χ4v) is 1.04. The zero-order chi connectivity index (χ0) is 8.48. The summed E-state index contributed by atoms with van der Waals surface area (Å²) in [6, 6.07) is 7.72. The third-order valence-electron chi connectivity index (χ3n) is 1.58. The Balaban J connectivity index is 0.00000121. The average Bonchev–Trinajstić information content (AvgIpc) is 1.86. The van der Waals surface area contributed by atoms with Crippen LogP contribution in [0.25, 0.3) is 0 Å². The Hall–Kier alpha value is 1.01. The van der Waals surface area contributed by atoms with Crippen molar-refractivity contribution in [3.05, 3.63) is 29.8 Å². The van der Waals surface area contributed by atoms with E-state index in [4.69, 9.17) is 18.4 Å². The van der Waals surface area contributed by atoms with Gasteiger partial charge in [-0.05, 0) is 12.1 Å². The number of anilines is 1. The van der Waals surface area contributed by atoms with Crippen molar-refractivity contribution < 1.29 is 51.4 Å². The second-order valence-electron chi connectivity index (χ2n) is 3.14. The second-order valence-corrected chi connectivity index (χ2v) is 4.16. The maximum absolute atomic E-state index is 5.61. The molecule has 1 rings (SSSR count). The van der Waals surface area contributed by atoms with E-state index >= 15 is 0 Å². The van der Waals surface area contributed by atoms with Gasteiger partial charge in [0.05, 0.1) is 0 Å². The van der Waals surface area contributed by atoms with E-state index in [-0.39, 0.29) is 56.1 Å². The fraction of sp³-hybridized carbons (Fsp3) is 0.333. The van der Waals surface area contributed by atoms with Gasteiger partial charge in [0, 0.05) is 5.69 Å². The molecule has 0 heterocycles. The summed E-state index contributed by atoms with van der Waals surface area (Å²) in [5, 5.41) is 0. The van der Waals surface area contributed by atoms with E-state index in [9.17, 15) is 0 Å². The van der Waals surface area contributed by atoms with E-state index in [1.54, 1.807) is 0 Å². The molecule has 0 bridgehead atoms. The van der Waals surface area contributed by atoms with Crippen LogP contribution in [0.5, 0.6) is 0 Å². The molecule has 0 aromatic heterocycles. The van der Waals surface area contributed by atoms with Crippen LogP contribution in [-0.2, 0) is 17.4 Å². The van der Waals surface area contributed by atoms with Crippen molar-refractivity contribution in [2.75, 3.05) is 5.73 Å². The molecule has 60 valence electrons. The van der Waals surface area contributed by atoms with Gasteiger partial charge in [-0.15, -0.1) is 4.75 Å². The zero-order valence-corrected chi connectivity index (χ0v) is 11.7. The van der Waals surface area contributed by atoms with Gasteiger partial charge in [0.15, 0.2) is 0 Å². The van der Waals surface area contributed by atoms with E-state index in [2.05, 4.69) is 0 Å². The van der Waals surface area contributed by atoms with Gasteiger partial charge in [-0.3, -0.25) is 0 Å². The molecule has 0 saturated heterocycles. The Kier molecular flexibility index (Phi) is 5.45. The van der Waals surface area contributed by atoms with Crippen LogP contribution in [-0.4, -0.2) is 0 Å². The minimum atomic E-state index is -0.213. The summed E-state index contributed by atoms with van der Waals surface area (Å²) in [5.74, 6) is 0. The summed E-state index contributed by atoms with van der Waals surface area (Å²) < 4.78 is -0.213. The molecule has 0 fully saturated rings. The van der Waals surface area contributed by atoms with Crippen molar-refractivity contribution in [2.45, 2.75) is 18.6 Å². The van der Waals surface area contributed by atoms with Crippen LogP contribution in [0.2, 0.25) is 0 Å². The first-order valence-electron chi connectivity index (χ1n) is 3.56. The normalized spacial score (nSPS) is 10.6. The number of hydrogen-bond acceptors (Lipinski definition) is 2. The molecule has 0 aliphatic rings. The summed E-state index contributed by atoms with van der Waals surface area (Å²) in [7, 11) is 0. The summed E-state index contributed by atoms with van der Waals surface area (Å²) in [4.78, 5) is 0. The topological polar surface area (TPSA) is 26.0 Å². The fourth-order valence-electron chi connectivity index (χ4n) is 0.913. The molecule has 0 spiro atoms. The molecular formula is C9H12KNS. The molecule has 0 unspecified atom stereocenters. The van der Waals surface area contributed by atoms with E-state index in [1.807, 2.05) is 38.1 Å². The molecule has 1 aromatic carbocycles. The Morgan fingerprint density at radius 2 is 1.92 bits per heavy atom. The van der Waals surface area contributed by atoms with Gasteiger partial charge in [0.2, 0.25) is 0 Å². The minimum absolute atomic E-state index is 0. The monoisotopic (exact) mass is 205 g/mol. The van der Waals surface area contributed by atoms with Crippen LogP contribution in [0.15, 0.2) is 24.3 Å². The molecular weight excluding hydrogens is 193 g/mol. The van der Waals surface area contributed by atoms with E-state index < -0.39 is 0 Å². The molecule has 12 heavy (non-hydrogen) atoms. The van der Waals surface area contributed by atoms with E-state index in [1.165, 1.54) is 0 Å². The average molecular weight is 205 g/mol. The van der Waals surface area contributed by atoms with Gasteiger partial charge in [0.25, 0.3) is 0 Å². The van der Waals surface area contributed by atoms with Crippen molar-refractivity contribution in [3.63, 3.8) is 0 Å². The molecule has 2 N–H and O–H groups in total. The van der Waals surface area contributed by atoms with Crippen LogP contribution < -0.4 is 57.1 Å². The van der Waals surface area contributed by atoms with Crippen LogP contribution in [0, 0.1) is 0 Å². The first-order valence-corrected chi connectivity index (χ1v) is 3.97. The number of rotatable bonds is 1. The molecule has 0 amide bonds. The SMILES string of the molecule is CC(C)([S-])c1cccc(N)c1.[K+]. The van der Waals surface area contributed by atoms with E-state index in [0.717, 1.165) is 11.3 Å². The van der Waals surface area contributed by atoms with Crippen LogP contribution >= 0.6 is 0 Å². The van der Waals surface area contributed by atoms with Gasteiger partial charge >= 0.3 is 51.4 Å². The van der Waals surface area contributed by atoms with Crippen molar-refractivity contribution in [1.29, 1.82) is 0 Å². The van der Waals surface area contributed by atoms with Crippen molar-refractivity contribution in [2.24, 2.45) is 0 Å². The second kappa shape index (κ2) is 5.03. The third-order valence-corrected chi connectivity index (χ3v) is 1.82. The minimum Gasteiger partial charge on any atom is -0.782 e. The quantitative estimate of drug-likeness (QED) is 0.364. The van der Waals surface area contributed by atoms with Crippen LogP contribution in [0.3, 0.4) is 0 Å². The molecule has 1 nitrogen and oxygen atoms in total. The van der Waals surface area contributed by atoms with Crippen LogP contribution in [0.4, 0.5) is 5.69 Å². The maximum atomic E-state index is 5.61. The summed E-state index contributed by atoms with van der Waals surface area (Å²) in [6.07, 6.45) is 0.